The van der Waals surface area contributed by atoms with Crippen molar-refractivity contribution in [2.24, 2.45) is 0 Å². The number of carboxylic acid groups (broad SMARTS) is 2. The molecule has 0 spiro atoms. The Morgan fingerprint density at radius 2 is 0.682 bits per heavy atom. The molecule has 4 saturated carbocycles. The number of hydrogen-bond acceptors (Lipinski definition) is 23. The number of benzene rings is 5. The minimum atomic E-state index is -1.17. The van der Waals surface area contributed by atoms with E-state index in [1.807, 2.05) is 44.8 Å². The summed E-state index contributed by atoms with van der Waals surface area (Å²) in [5.41, 5.74) is 5.59. The Labute approximate surface area is 883 Å². The molecule has 2 N–H and O–H groups in total. The average Bonchev–Trinajstić information content (AvgIpc) is 1.63. The van der Waals surface area contributed by atoms with E-state index in [4.69, 9.17) is 74.8 Å². The maximum Gasteiger partial charge on any atom is 0.335 e. The van der Waals surface area contributed by atoms with Gasteiger partial charge in [-0.3, -0.25) is 75.8 Å². The van der Waals surface area contributed by atoms with Crippen LogP contribution in [0.25, 0.3) is 44.5 Å². The van der Waals surface area contributed by atoms with Gasteiger partial charge in [-0.2, -0.15) is 20.4 Å². The van der Waals surface area contributed by atoms with Crippen LogP contribution < -0.4 is 41.2 Å². The molecule has 0 bridgehead atoms. The van der Waals surface area contributed by atoms with Crippen LogP contribution in [0.4, 0.5) is 0 Å². The second-order valence-electron chi connectivity index (χ2n) is 37.7. The first-order valence-corrected chi connectivity index (χ1v) is 49.6. The van der Waals surface area contributed by atoms with Crippen molar-refractivity contribution in [1.82, 2.24) is 57.4 Å². The highest BCUT2D eigenvalue weighted by atomic mass is 79.9. The summed E-state index contributed by atoms with van der Waals surface area (Å²) in [5, 5.41) is 39.6. The zero-order valence-electron chi connectivity index (χ0n) is 82.8. The van der Waals surface area contributed by atoms with E-state index in [0.717, 1.165) is 54.1 Å². The van der Waals surface area contributed by atoms with Gasteiger partial charge in [-0.25, -0.2) is 14.4 Å². The van der Waals surface area contributed by atoms with E-state index < -0.39 is 75.4 Å². The molecule has 33 nitrogen and oxygen atoms in total. The van der Waals surface area contributed by atoms with E-state index in [-0.39, 0.29) is 87.3 Å². The molecular formula is C110H119BrCl4N12O21. The quantitative estimate of drug-likeness (QED) is 0.0215. The third kappa shape index (κ3) is 29.6. The highest BCUT2D eigenvalue weighted by Crippen LogP contribution is 2.43. The molecule has 5 aromatic carbocycles. The van der Waals surface area contributed by atoms with Crippen LogP contribution in [0.3, 0.4) is 0 Å². The van der Waals surface area contributed by atoms with E-state index in [9.17, 15) is 72.5 Å². The van der Waals surface area contributed by atoms with Crippen molar-refractivity contribution in [3.05, 3.63) is 313 Å². The number of methoxy groups -OCH3 is 4. The summed E-state index contributed by atoms with van der Waals surface area (Å²) < 4.78 is 45.7. The van der Waals surface area contributed by atoms with Gasteiger partial charge in [0.2, 0.25) is 0 Å². The maximum absolute atomic E-state index is 13.8. The Kier molecular flexibility index (Phi) is 38.2. The topological polar surface area (TPSA) is 409 Å². The van der Waals surface area contributed by atoms with Crippen LogP contribution >= 0.6 is 62.3 Å². The molecule has 4 fully saturated rings. The largest absolute Gasteiger partial charge is 0.495 e. The molecule has 17 rings (SSSR count). The molecule has 0 saturated heterocycles. The molecule has 13 aromatic rings. The van der Waals surface area contributed by atoms with Gasteiger partial charge in [-0.1, -0.05) is 89.3 Å². The Morgan fingerprint density at radius 1 is 0.385 bits per heavy atom. The minimum Gasteiger partial charge on any atom is -0.495 e. The molecule has 8 aromatic heterocycles. The van der Waals surface area contributed by atoms with Crippen molar-refractivity contribution in [1.29, 1.82) is 0 Å². The number of halogens is 5. The number of carbonyl (C=O) groups is 9. The van der Waals surface area contributed by atoms with Gasteiger partial charge in [0.1, 0.15) is 58.9 Å². The zero-order chi connectivity index (χ0) is 106. The normalized spacial score (nSPS) is 13.6. The molecule has 3 unspecified atom stereocenters. The number of alkyl halides is 1. The van der Waals surface area contributed by atoms with Gasteiger partial charge in [0.25, 0.3) is 22.2 Å². The van der Waals surface area contributed by atoms with Gasteiger partial charge in [-0.05, 0) is 258 Å². The number of hydrogen-bond donors (Lipinski definition) is 2. The lowest BCUT2D eigenvalue weighted by molar-refractivity contribution is -0.159. The first-order valence-electron chi connectivity index (χ1n) is 47.0. The number of ether oxygens (including phenoxy) is 6. The summed E-state index contributed by atoms with van der Waals surface area (Å²) in [5.74, 6) is -3.09. The van der Waals surface area contributed by atoms with Crippen molar-refractivity contribution in [2.75, 3.05) is 28.4 Å². The predicted molar refractivity (Wildman–Crippen MR) is 569 cm³/mol. The van der Waals surface area contributed by atoms with E-state index in [2.05, 4.69) is 53.3 Å². The molecule has 38 heteroatoms. The lowest BCUT2D eigenvalue weighted by Crippen LogP contribution is -2.36. The number of Topliss-reactive ketones (excluding diaryl/α,β-unsaturated/α-hetero) is 5. The fraction of sp³-hybridized carbons (Fsp3) is 0.355. The molecule has 4 aliphatic rings. The smallest absolute Gasteiger partial charge is 0.335 e. The molecule has 0 radical (unpaired) electrons. The van der Waals surface area contributed by atoms with Crippen LogP contribution in [0, 0.1) is 0 Å². The number of rotatable bonds is 34. The second-order valence-corrected chi connectivity index (χ2v) is 40.0. The van der Waals surface area contributed by atoms with Crippen LogP contribution in [0.1, 0.15) is 258 Å². The SMILES string of the molecule is BrCc1ccn(C2CC2)n1.C.C.COc1cn(C(Cc2ccn(C3CC3)n2)C(=O)Cc2ccc(C(=O)O)cc2)c(=O)cc1-c1cc(Cl)ccc1C(C)=O.COc1cn(C(Cc2ccn(C3CC3)n2)C(=O)O)c(=O)cc1-c1cc(Cl)ccc1C(C)=O.COc1cn(C(Cc2ccn(C3CC3)n2)C(=O)OC(C)(C)C)c(=O)cc1-c1cc(Cl)ccc1C(C)=O.COc1cn(CC(=O)OC(C)(C)C)c(=O)cc1-c1cc(Cl)ccc1C(C)=O. The van der Waals surface area contributed by atoms with E-state index in [0.29, 0.717) is 151 Å². The summed E-state index contributed by atoms with van der Waals surface area (Å²) in [4.78, 5) is 164. The molecule has 3 atom stereocenters. The first kappa shape index (κ1) is 114. The monoisotopic (exact) mass is 2160 g/mol. The number of aliphatic carboxylic acids is 1. The number of aromatic nitrogens is 12. The number of esters is 2. The van der Waals surface area contributed by atoms with E-state index in [1.165, 1.54) is 144 Å². The molecule has 8 heterocycles. The third-order valence-corrected chi connectivity index (χ3v) is 25.5. The molecule has 4 aliphatic carbocycles. The van der Waals surface area contributed by atoms with Crippen LogP contribution in [-0.2, 0) is 66.2 Å². The number of carboxylic acids is 2. The fourth-order valence-corrected chi connectivity index (χ4v) is 17.3. The van der Waals surface area contributed by atoms with Crippen molar-refractivity contribution in [3.8, 4) is 67.5 Å². The highest BCUT2D eigenvalue weighted by Gasteiger charge is 2.36. The van der Waals surface area contributed by atoms with E-state index in [1.54, 1.807) is 133 Å². The maximum atomic E-state index is 13.8. The standard InChI is InChI=1S/C31H28ClN3O6.C27H30ClN3O5.C23H22ClN3O5.C20H22ClNO5.C7H9BrN2.2CH4/c1-18(36)24-10-7-21(32)14-25(24)26-16-30(38)34(17-29(26)41-2)27(15-22-11-12-35(33-22)23-8-9-23)28(37)13-19-3-5-20(6-4-19)31(39)40;1-16(32)20-9-6-17(28)12-21(20)22-14-25(33)30(15-24(22)35-5)23(26(34)36-27(2,3)4)13-18-10-11-31(29-18)19-7-8-19;1-13(28)17-6-3-14(24)9-18(17)19-11-22(29)26(12-21(19)32-2)20(23(30)31)10-15-7-8-27(25-15)16-4-5-16;1-12(23)14-7-6-13(21)8-15(14)16-9-18(24)22(10-17(16)26-5)11-19(25)27-20(2,3)4;8-5-6-3-4-10(9-6)7-1-2-7;;/h3-7,10-12,14,16-17,23,27H,8-9,13,15H2,1-2H3,(H,39,40);6,9-12,14-15,19,23H,7-8,13H2,1-5H3;3,6-9,11-12,16,20H,4-5,10H2,1-2H3,(H,30,31);6-10H,11H2,1-5H3;3-4,7H,1-2,5H2;2*1H4. The molecule has 0 aliphatic heterocycles. The Bertz CT molecular complexity index is 7390. The summed E-state index contributed by atoms with van der Waals surface area (Å²) in [6.45, 7) is 16.1. The van der Waals surface area contributed by atoms with Crippen molar-refractivity contribution >= 4 is 115 Å². The van der Waals surface area contributed by atoms with Gasteiger partial charge < -0.3 is 47.8 Å². The number of pyridine rings is 4. The summed E-state index contributed by atoms with van der Waals surface area (Å²) in [7, 11) is 5.77. The lowest BCUT2D eigenvalue weighted by atomic mass is 9.96. The highest BCUT2D eigenvalue weighted by molar-refractivity contribution is 9.08. The first-order chi connectivity index (χ1) is 69.3. The molecular weight excluding hydrogens is 2050 g/mol. The Morgan fingerprint density at radius 3 is 0.980 bits per heavy atom. The molecule has 148 heavy (non-hydrogen) atoms. The van der Waals surface area contributed by atoms with Gasteiger partial charge >= 0.3 is 23.9 Å². The summed E-state index contributed by atoms with van der Waals surface area (Å²) in [6.07, 6.45) is 22.8. The lowest BCUT2D eigenvalue weighted by Gasteiger charge is -2.25. The van der Waals surface area contributed by atoms with Gasteiger partial charge in [0.05, 0.1) is 106 Å². The third-order valence-electron chi connectivity index (χ3n) is 24.0. The summed E-state index contributed by atoms with van der Waals surface area (Å²) >= 11 is 28.0. The second kappa shape index (κ2) is 49.5. The number of ketones is 5. The van der Waals surface area contributed by atoms with Crippen molar-refractivity contribution in [2.45, 2.75) is 227 Å². The average molecular weight is 2170 g/mol. The Hall–Kier alpha value is -14.2. The minimum absolute atomic E-state index is 0. The van der Waals surface area contributed by atoms with Crippen LogP contribution in [0.2, 0.25) is 20.1 Å². The Balaban J connectivity index is 0.000000182. The van der Waals surface area contributed by atoms with Gasteiger partial charge in [0.15, 0.2) is 28.9 Å². The van der Waals surface area contributed by atoms with Gasteiger partial charge in [0, 0.05) is 145 Å². The van der Waals surface area contributed by atoms with Crippen LogP contribution in [0.5, 0.6) is 23.0 Å². The zero-order valence-corrected chi connectivity index (χ0v) is 87.4. The van der Waals surface area contributed by atoms with Crippen molar-refractivity contribution < 1.29 is 81.8 Å². The van der Waals surface area contributed by atoms with Crippen LogP contribution in [-0.4, -0.2) is 160 Å². The number of nitrogens with zero attached hydrogens (tertiary/aromatic N) is 12. The van der Waals surface area contributed by atoms with Crippen LogP contribution in [0.15, 0.2) is 214 Å². The predicted octanol–water partition coefficient (Wildman–Crippen LogP) is 21.1. The molecule has 780 valence electrons. The van der Waals surface area contributed by atoms with Crippen molar-refractivity contribution in [3.63, 3.8) is 0 Å². The summed E-state index contributed by atoms with van der Waals surface area (Å²) in [6, 6.07) is 37.0. The number of aromatic carboxylic acids is 1. The fourth-order valence-electron chi connectivity index (χ4n) is 16.3. The van der Waals surface area contributed by atoms with Gasteiger partial charge in [-0.15, -0.1) is 0 Å². The number of carbonyl (C=O) groups excluding carboxylic acids is 7. The molecule has 0 amide bonds. The van der Waals surface area contributed by atoms with E-state index >= 15 is 0 Å².